The van der Waals surface area contributed by atoms with Gasteiger partial charge in [-0.3, -0.25) is 4.79 Å². The molecule has 148 valence electrons. The lowest BCUT2D eigenvalue weighted by molar-refractivity contribution is 0.101. The predicted octanol–water partition coefficient (Wildman–Crippen LogP) is 5.72. The largest absolute Gasteiger partial charge is 0.497 e. The molecule has 0 saturated heterocycles. The molecule has 0 aliphatic rings. The highest BCUT2D eigenvalue weighted by molar-refractivity contribution is 6.30. The predicted molar refractivity (Wildman–Crippen MR) is 116 cm³/mol. The molecular formula is C24H17ClN2O3. The van der Waals surface area contributed by atoms with Crippen LogP contribution in [0.3, 0.4) is 0 Å². The number of benzene rings is 3. The smallest absolute Gasteiger partial charge is 0.269 e. The Morgan fingerprint density at radius 2 is 1.90 bits per heavy atom. The molecule has 3 aromatic carbocycles. The molecule has 0 aliphatic carbocycles. The van der Waals surface area contributed by atoms with Crippen LogP contribution in [0.15, 0.2) is 77.3 Å². The minimum atomic E-state index is -0.265. The molecule has 0 aliphatic heterocycles. The fraction of sp³-hybridized carbons (Fsp3) is 0.0833. The highest BCUT2D eigenvalue weighted by Gasteiger charge is 2.22. The first kappa shape index (κ1) is 18.5. The number of hydrogen-bond donors (Lipinski definition) is 0. The number of carbonyl (C=O) groups excluding carboxylic acids is 1. The Morgan fingerprint density at radius 3 is 2.67 bits per heavy atom. The van der Waals surface area contributed by atoms with E-state index < -0.39 is 0 Å². The van der Waals surface area contributed by atoms with Crippen LogP contribution in [0.5, 0.6) is 5.75 Å². The summed E-state index contributed by atoms with van der Waals surface area (Å²) < 4.78 is 13.1. The molecule has 0 bridgehead atoms. The number of carbonyl (C=O) groups is 1. The maximum atomic E-state index is 13.3. The Balaban J connectivity index is 1.62. The van der Waals surface area contributed by atoms with Gasteiger partial charge in [0.1, 0.15) is 11.3 Å². The van der Waals surface area contributed by atoms with Gasteiger partial charge in [0.2, 0.25) is 5.78 Å². The average molecular weight is 417 g/mol. The third kappa shape index (κ3) is 3.23. The van der Waals surface area contributed by atoms with Gasteiger partial charge in [-0.15, -0.1) is 0 Å². The molecule has 6 heteroatoms. The summed E-state index contributed by atoms with van der Waals surface area (Å²) in [6.45, 7) is 0.598. The molecule has 0 fully saturated rings. The number of aromatic nitrogens is 2. The summed E-state index contributed by atoms with van der Waals surface area (Å²) in [6.07, 6.45) is 1.84. The molecule has 2 heterocycles. The number of methoxy groups -OCH3 is 1. The Morgan fingerprint density at radius 1 is 1.10 bits per heavy atom. The quantitative estimate of drug-likeness (QED) is 0.343. The third-order valence-corrected chi connectivity index (χ3v) is 5.34. The highest BCUT2D eigenvalue weighted by atomic mass is 35.5. The fourth-order valence-corrected chi connectivity index (χ4v) is 3.71. The van der Waals surface area contributed by atoms with Crippen LogP contribution < -0.4 is 4.74 Å². The lowest BCUT2D eigenvalue weighted by Gasteiger charge is -2.06. The van der Waals surface area contributed by atoms with E-state index in [0.717, 1.165) is 16.5 Å². The zero-order valence-corrected chi connectivity index (χ0v) is 16.9. The van der Waals surface area contributed by atoms with Crippen molar-refractivity contribution in [1.82, 2.24) is 9.55 Å². The van der Waals surface area contributed by atoms with Crippen LogP contribution in [0.25, 0.3) is 22.0 Å². The third-order valence-electron chi connectivity index (χ3n) is 5.09. The fourth-order valence-electron chi connectivity index (χ4n) is 3.59. The molecule has 0 atom stereocenters. The van der Waals surface area contributed by atoms with Crippen molar-refractivity contribution in [3.63, 3.8) is 0 Å². The van der Waals surface area contributed by atoms with E-state index >= 15 is 0 Å². The van der Waals surface area contributed by atoms with Crippen LogP contribution >= 0.6 is 11.6 Å². The van der Waals surface area contributed by atoms with Crippen molar-refractivity contribution in [3.8, 4) is 5.75 Å². The maximum Gasteiger partial charge on any atom is 0.269 e. The molecule has 0 unspecified atom stereocenters. The van der Waals surface area contributed by atoms with Gasteiger partial charge < -0.3 is 13.7 Å². The van der Waals surface area contributed by atoms with Gasteiger partial charge in [0.15, 0.2) is 5.58 Å². The van der Waals surface area contributed by atoms with E-state index in [1.165, 1.54) is 0 Å². The zero-order valence-electron chi connectivity index (χ0n) is 16.1. The van der Waals surface area contributed by atoms with Crippen LogP contribution in [0.1, 0.15) is 21.8 Å². The Labute approximate surface area is 177 Å². The number of oxazole rings is 1. The van der Waals surface area contributed by atoms with E-state index in [-0.39, 0.29) is 11.7 Å². The van der Waals surface area contributed by atoms with Crippen molar-refractivity contribution in [2.24, 2.45) is 0 Å². The second-order valence-corrected chi connectivity index (χ2v) is 7.43. The molecular weight excluding hydrogens is 400 g/mol. The molecule has 5 nitrogen and oxygen atoms in total. The second kappa shape index (κ2) is 7.35. The summed E-state index contributed by atoms with van der Waals surface area (Å²) in [6, 6.07) is 20.7. The van der Waals surface area contributed by atoms with E-state index in [4.69, 9.17) is 20.8 Å². The van der Waals surface area contributed by atoms with Crippen LogP contribution in [0.4, 0.5) is 0 Å². The van der Waals surface area contributed by atoms with Crippen molar-refractivity contribution in [2.45, 2.75) is 6.54 Å². The molecule has 0 radical (unpaired) electrons. The number of rotatable bonds is 5. The van der Waals surface area contributed by atoms with Crippen LogP contribution in [-0.2, 0) is 6.54 Å². The van der Waals surface area contributed by atoms with Crippen molar-refractivity contribution in [3.05, 3.63) is 95.0 Å². The second-order valence-electron chi connectivity index (χ2n) is 7.00. The Kier molecular flexibility index (Phi) is 4.52. The first-order valence-electron chi connectivity index (χ1n) is 9.44. The van der Waals surface area contributed by atoms with Gasteiger partial charge in [0.05, 0.1) is 12.7 Å². The SMILES string of the molecule is COc1ccc2c(c1)c(C(=O)c1nc3ccccc3o1)cn2Cc1ccc(Cl)cc1. The van der Waals surface area contributed by atoms with Gasteiger partial charge in [0.25, 0.3) is 5.89 Å². The standard InChI is InChI=1S/C24H17ClN2O3/c1-29-17-10-11-21-18(12-17)19(14-27(21)13-15-6-8-16(25)9-7-15)23(28)24-26-20-4-2-3-5-22(20)30-24/h2-12,14H,13H2,1H3. The van der Waals surface area contributed by atoms with Crippen LogP contribution in [0.2, 0.25) is 5.02 Å². The van der Waals surface area contributed by atoms with Crippen molar-refractivity contribution in [1.29, 1.82) is 0 Å². The number of halogens is 1. The zero-order chi connectivity index (χ0) is 20.7. The number of ketones is 1. The lowest BCUT2D eigenvalue weighted by Crippen LogP contribution is -2.01. The van der Waals surface area contributed by atoms with E-state index in [0.29, 0.717) is 34.0 Å². The van der Waals surface area contributed by atoms with Gasteiger partial charge in [-0.2, -0.15) is 0 Å². The molecule has 2 aromatic heterocycles. The Bertz CT molecular complexity index is 1350. The topological polar surface area (TPSA) is 57.3 Å². The number of nitrogens with zero attached hydrogens (tertiary/aromatic N) is 2. The maximum absolute atomic E-state index is 13.3. The van der Waals surface area contributed by atoms with Gasteiger partial charge in [-0.1, -0.05) is 35.9 Å². The van der Waals surface area contributed by atoms with Crippen molar-refractivity contribution < 1.29 is 13.9 Å². The monoisotopic (exact) mass is 416 g/mol. The first-order valence-corrected chi connectivity index (χ1v) is 9.82. The van der Waals surface area contributed by atoms with Gasteiger partial charge >= 0.3 is 0 Å². The molecule has 0 spiro atoms. The number of para-hydroxylation sites is 2. The van der Waals surface area contributed by atoms with E-state index in [9.17, 15) is 4.79 Å². The minimum absolute atomic E-state index is 0.0737. The molecule has 0 saturated carbocycles. The van der Waals surface area contributed by atoms with Crippen LogP contribution in [0, 0.1) is 0 Å². The molecule has 0 N–H and O–H groups in total. The normalized spacial score (nSPS) is 11.3. The average Bonchev–Trinajstić information content (AvgIpc) is 3.36. The molecule has 5 rings (SSSR count). The molecule has 30 heavy (non-hydrogen) atoms. The van der Waals surface area contributed by atoms with Gasteiger partial charge in [0, 0.05) is 28.7 Å². The number of fused-ring (bicyclic) bond motifs is 2. The minimum Gasteiger partial charge on any atom is -0.497 e. The van der Waals surface area contributed by atoms with Crippen molar-refractivity contribution in [2.75, 3.05) is 7.11 Å². The molecule has 5 aromatic rings. The molecule has 0 amide bonds. The summed E-state index contributed by atoms with van der Waals surface area (Å²) in [4.78, 5) is 17.7. The van der Waals surface area contributed by atoms with Gasteiger partial charge in [-0.05, 0) is 48.0 Å². The summed E-state index contributed by atoms with van der Waals surface area (Å²) in [5, 5.41) is 1.48. The van der Waals surface area contributed by atoms with E-state index in [1.807, 2.05) is 71.4 Å². The van der Waals surface area contributed by atoms with Crippen LogP contribution in [-0.4, -0.2) is 22.4 Å². The van der Waals surface area contributed by atoms with E-state index in [1.54, 1.807) is 13.2 Å². The summed E-state index contributed by atoms with van der Waals surface area (Å²) >= 11 is 6.01. The first-order chi connectivity index (χ1) is 14.6. The highest BCUT2D eigenvalue weighted by Crippen LogP contribution is 2.29. The van der Waals surface area contributed by atoms with Gasteiger partial charge in [-0.25, -0.2) is 4.98 Å². The summed E-state index contributed by atoms with van der Waals surface area (Å²) in [5.74, 6) is 0.488. The van der Waals surface area contributed by atoms with Crippen molar-refractivity contribution >= 4 is 39.4 Å². The lowest BCUT2D eigenvalue weighted by atomic mass is 10.1. The van der Waals surface area contributed by atoms with E-state index in [2.05, 4.69) is 4.98 Å². The summed E-state index contributed by atoms with van der Waals surface area (Å²) in [7, 11) is 1.61. The number of ether oxygens (including phenoxy) is 1. The Hall–Kier alpha value is -3.57. The summed E-state index contributed by atoms with van der Waals surface area (Å²) in [5.41, 5.74) is 3.76. The number of hydrogen-bond acceptors (Lipinski definition) is 4.